The molecule has 158 valence electrons. The van der Waals surface area contributed by atoms with E-state index in [4.69, 9.17) is 0 Å². The summed E-state index contributed by atoms with van der Waals surface area (Å²) in [4.78, 5) is 37.4. The summed E-state index contributed by atoms with van der Waals surface area (Å²) in [5.74, 6) is 0.282. The van der Waals surface area contributed by atoms with Crippen LogP contribution in [0.1, 0.15) is 72.1 Å². The molecule has 6 heteroatoms. The fourth-order valence-electron chi connectivity index (χ4n) is 6.21. The molecule has 3 N–H and O–H groups in total. The smallest absolute Gasteiger partial charge is 0.308 e. The highest BCUT2D eigenvalue weighted by Gasteiger charge is 2.55. The van der Waals surface area contributed by atoms with Gasteiger partial charge in [0, 0.05) is 12.0 Å². The molecule has 0 radical (unpaired) electrons. The Bertz CT molecular complexity index is 580. The zero-order chi connectivity index (χ0) is 20.5. The van der Waals surface area contributed by atoms with E-state index < -0.39 is 17.9 Å². The van der Waals surface area contributed by atoms with Crippen LogP contribution in [0.15, 0.2) is 0 Å². The number of carbonyl (C=O) groups excluding carboxylic acids is 2. The van der Waals surface area contributed by atoms with Crippen LogP contribution < -0.4 is 10.6 Å². The number of carbonyl (C=O) groups is 3. The van der Waals surface area contributed by atoms with Crippen molar-refractivity contribution >= 4 is 17.8 Å². The van der Waals surface area contributed by atoms with E-state index in [2.05, 4.69) is 10.6 Å². The fourth-order valence-corrected chi connectivity index (χ4v) is 6.21. The molecule has 0 spiro atoms. The summed E-state index contributed by atoms with van der Waals surface area (Å²) in [6.07, 6.45) is 8.00. The molecule has 2 amide bonds. The first-order valence-electron chi connectivity index (χ1n) is 11.1. The molecule has 28 heavy (non-hydrogen) atoms. The van der Waals surface area contributed by atoms with E-state index in [-0.39, 0.29) is 29.7 Å². The Hall–Kier alpha value is -1.59. The number of carboxylic acid groups (broad SMARTS) is 1. The average molecular weight is 393 g/mol. The highest BCUT2D eigenvalue weighted by atomic mass is 16.4. The first-order chi connectivity index (χ1) is 13.2. The SMILES string of the molecule is CCCC(CNC(=O)C(NC(=O)C12CC3CC(CC(C3)C1)C2)C(C)C)C(=O)O. The standard InChI is InChI=1S/C22H36N2O4/c1-4-5-17(20(26)27)12-23-19(25)18(13(2)3)24-21(28)22-9-14-6-15(10-22)8-16(7-14)11-22/h13-18H,4-12H2,1-3H3,(H,23,25)(H,24,28)(H,26,27). The lowest BCUT2D eigenvalue weighted by atomic mass is 9.49. The predicted molar refractivity (Wildman–Crippen MR) is 106 cm³/mol. The summed E-state index contributed by atoms with van der Waals surface area (Å²) >= 11 is 0. The van der Waals surface area contributed by atoms with Crippen molar-refractivity contribution in [3.63, 3.8) is 0 Å². The van der Waals surface area contributed by atoms with Gasteiger partial charge < -0.3 is 15.7 Å². The predicted octanol–water partition coefficient (Wildman–Crippen LogP) is 2.96. The number of amides is 2. The Labute approximate surface area is 168 Å². The Morgan fingerprint density at radius 3 is 2.00 bits per heavy atom. The third-order valence-corrected chi connectivity index (χ3v) is 7.26. The van der Waals surface area contributed by atoms with E-state index in [1.54, 1.807) is 0 Å². The molecular weight excluding hydrogens is 356 g/mol. The van der Waals surface area contributed by atoms with Gasteiger partial charge in [0.1, 0.15) is 6.04 Å². The molecule has 4 aliphatic carbocycles. The van der Waals surface area contributed by atoms with Crippen molar-refractivity contribution in [3.8, 4) is 0 Å². The maximum Gasteiger partial charge on any atom is 0.308 e. The molecule has 0 aromatic carbocycles. The van der Waals surface area contributed by atoms with Crippen LogP contribution in [0, 0.1) is 35.0 Å². The van der Waals surface area contributed by atoms with Crippen LogP contribution >= 0.6 is 0 Å². The third-order valence-electron chi connectivity index (χ3n) is 7.26. The van der Waals surface area contributed by atoms with Crippen LogP contribution in [0.25, 0.3) is 0 Å². The second-order valence-corrected chi connectivity index (χ2v) is 9.96. The Morgan fingerprint density at radius 1 is 1.04 bits per heavy atom. The quantitative estimate of drug-likeness (QED) is 0.562. The second-order valence-electron chi connectivity index (χ2n) is 9.96. The van der Waals surface area contributed by atoms with Crippen molar-refractivity contribution in [2.75, 3.05) is 6.54 Å². The number of aliphatic carboxylic acids is 1. The van der Waals surface area contributed by atoms with Gasteiger partial charge in [0.25, 0.3) is 0 Å². The minimum atomic E-state index is -0.888. The molecule has 4 fully saturated rings. The summed E-state index contributed by atoms with van der Waals surface area (Å²) in [5, 5.41) is 15.1. The lowest BCUT2D eigenvalue weighted by Gasteiger charge is -2.55. The average Bonchev–Trinajstić information content (AvgIpc) is 2.61. The van der Waals surface area contributed by atoms with Gasteiger partial charge in [-0.3, -0.25) is 14.4 Å². The third kappa shape index (κ3) is 4.36. The van der Waals surface area contributed by atoms with Gasteiger partial charge in [0.15, 0.2) is 0 Å². The highest BCUT2D eigenvalue weighted by molar-refractivity contribution is 5.90. The van der Waals surface area contributed by atoms with Crippen molar-refractivity contribution in [2.24, 2.45) is 35.0 Å². The largest absolute Gasteiger partial charge is 0.481 e. The van der Waals surface area contributed by atoms with Gasteiger partial charge in [-0.15, -0.1) is 0 Å². The van der Waals surface area contributed by atoms with Crippen LogP contribution in [-0.4, -0.2) is 35.5 Å². The molecule has 2 atom stereocenters. The number of hydrogen-bond acceptors (Lipinski definition) is 3. The van der Waals surface area contributed by atoms with E-state index >= 15 is 0 Å². The molecule has 0 aliphatic heterocycles. The first-order valence-corrected chi connectivity index (χ1v) is 11.1. The van der Waals surface area contributed by atoms with Crippen LogP contribution in [0.2, 0.25) is 0 Å². The van der Waals surface area contributed by atoms with Crippen LogP contribution in [0.5, 0.6) is 0 Å². The zero-order valence-electron chi connectivity index (χ0n) is 17.5. The van der Waals surface area contributed by atoms with Gasteiger partial charge in [-0.25, -0.2) is 0 Å². The molecule has 0 heterocycles. The number of hydrogen-bond donors (Lipinski definition) is 3. The molecule has 6 nitrogen and oxygen atoms in total. The summed E-state index contributed by atoms with van der Waals surface area (Å²) < 4.78 is 0. The zero-order valence-corrected chi connectivity index (χ0v) is 17.5. The van der Waals surface area contributed by atoms with Crippen LogP contribution in [-0.2, 0) is 14.4 Å². The normalized spacial score (nSPS) is 32.8. The van der Waals surface area contributed by atoms with Gasteiger partial charge in [-0.2, -0.15) is 0 Å². The molecule has 0 aromatic heterocycles. The highest BCUT2D eigenvalue weighted by Crippen LogP contribution is 2.60. The molecule has 4 saturated carbocycles. The van der Waals surface area contributed by atoms with Crippen molar-refractivity contribution in [3.05, 3.63) is 0 Å². The van der Waals surface area contributed by atoms with Gasteiger partial charge in [0.05, 0.1) is 5.92 Å². The number of nitrogens with one attached hydrogen (secondary N) is 2. The van der Waals surface area contributed by atoms with E-state index in [0.717, 1.165) is 25.7 Å². The minimum Gasteiger partial charge on any atom is -0.481 e. The molecule has 4 rings (SSSR count). The number of rotatable bonds is 9. The lowest BCUT2D eigenvalue weighted by Crippen LogP contribution is -2.58. The second kappa shape index (κ2) is 8.42. The summed E-state index contributed by atoms with van der Waals surface area (Å²) in [6, 6.07) is -0.614. The summed E-state index contributed by atoms with van der Waals surface area (Å²) in [7, 11) is 0. The van der Waals surface area contributed by atoms with Crippen molar-refractivity contribution in [2.45, 2.75) is 78.2 Å². The first kappa shape index (κ1) is 21.1. The topological polar surface area (TPSA) is 95.5 Å². The van der Waals surface area contributed by atoms with Crippen molar-refractivity contribution in [1.82, 2.24) is 10.6 Å². The van der Waals surface area contributed by atoms with Crippen molar-refractivity contribution in [1.29, 1.82) is 0 Å². The summed E-state index contributed by atoms with van der Waals surface area (Å²) in [5.41, 5.74) is -0.284. The van der Waals surface area contributed by atoms with Gasteiger partial charge in [-0.1, -0.05) is 27.2 Å². The van der Waals surface area contributed by atoms with Crippen LogP contribution in [0.4, 0.5) is 0 Å². The minimum absolute atomic E-state index is 0.0452. The Balaban J connectivity index is 1.62. The molecule has 0 saturated heterocycles. The maximum absolute atomic E-state index is 13.3. The monoisotopic (exact) mass is 392 g/mol. The van der Waals surface area contributed by atoms with Gasteiger partial charge in [-0.05, 0) is 68.6 Å². The summed E-state index contributed by atoms with van der Waals surface area (Å²) in [6.45, 7) is 5.88. The molecule has 2 unspecified atom stereocenters. The van der Waals surface area contributed by atoms with Gasteiger partial charge in [0.2, 0.25) is 11.8 Å². The lowest BCUT2D eigenvalue weighted by molar-refractivity contribution is -0.149. The molecule has 0 aromatic rings. The molecule has 4 bridgehead atoms. The Kier molecular flexibility index (Phi) is 6.35. The van der Waals surface area contributed by atoms with E-state index in [1.165, 1.54) is 19.3 Å². The fraction of sp³-hybridized carbons (Fsp3) is 0.864. The van der Waals surface area contributed by atoms with Crippen molar-refractivity contribution < 1.29 is 19.5 Å². The van der Waals surface area contributed by atoms with E-state index in [0.29, 0.717) is 24.2 Å². The van der Waals surface area contributed by atoms with Crippen LogP contribution in [0.3, 0.4) is 0 Å². The maximum atomic E-state index is 13.3. The van der Waals surface area contributed by atoms with E-state index in [1.807, 2.05) is 20.8 Å². The molecule has 4 aliphatic rings. The Morgan fingerprint density at radius 2 is 1.57 bits per heavy atom. The van der Waals surface area contributed by atoms with Gasteiger partial charge >= 0.3 is 5.97 Å². The molecular formula is C22H36N2O4. The van der Waals surface area contributed by atoms with E-state index in [9.17, 15) is 19.5 Å². The number of carboxylic acids is 1.